The van der Waals surface area contributed by atoms with Crippen molar-refractivity contribution in [2.24, 2.45) is 0 Å². The van der Waals surface area contributed by atoms with Gasteiger partial charge in [0.2, 0.25) is 5.91 Å². The molecule has 176 valence electrons. The highest BCUT2D eigenvalue weighted by Gasteiger charge is 2.40. The molecule has 3 aliphatic rings. The molecular formula is C25H31N3O4S. The number of amides is 2. The van der Waals surface area contributed by atoms with Crippen LogP contribution < -0.4 is 5.32 Å². The number of hydrogen-bond acceptors (Lipinski definition) is 6. The smallest absolute Gasteiger partial charge is 0.251 e. The van der Waals surface area contributed by atoms with Crippen LogP contribution in [-0.2, 0) is 19.1 Å². The number of pyridine rings is 1. The first-order valence-corrected chi connectivity index (χ1v) is 12.4. The van der Waals surface area contributed by atoms with E-state index in [1.807, 2.05) is 24.0 Å². The molecule has 1 aromatic heterocycles. The molecule has 0 saturated carbocycles. The Hall–Kier alpha value is -2.74. The van der Waals surface area contributed by atoms with Crippen molar-refractivity contribution in [3.05, 3.63) is 58.2 Å². The topological polar surface area (TPSA) is 80.8 Å². The second-order valence-electron chi connectivity index (χ2n) is 8.57. The van der Waals surface area contributed by atoms with Crippen LogP contribution in [0, 0.1) is 6.92 Å². The second-order valence-corrected chi connectivity index (χ2v) is 9.64. The van der Waals surface area contributed by atoms with Crippen molar-refractivity contribution in [3.8, 4) is 0 Å². The standard InChI is InChI=1S/C25H31N3O4S/c1-16-8-11-22(26-13-16)27-23(29)15-33-25-19-7-5-4-6-18(19)24(30)28(25)14-17-9-10-20(31-2)21(12-17)32-3/h8,11-13,25H,4-7,9-10,14-15H2,1-3H3,(H,26,27,29). The number of aryl methyl sites for hydroxylation is 1. The average molecular weight is 470 g/mol. The SMILES string of the molecule is COC1=C(OC)CCC(CN2C(=O)C3=C(CCCC3)C2SCC(=O)Nc2ccc(C)cn2)=C1. The van der Waals surface area contributed by atoms with Crippen LogP contribution >= 0.6 is 11.8 Å². The normalized spacial score (nSPS) is 20.6. The summed E-state index contributed by atoms with van der Waals surface area (Å²) in [4.78, 5) is 32.1. The minimum absolute atomic E-state index is 0.107. The lowest BCUT2D eigenvalue weighted by atomic mass is 9.94. The Bertz CT molecular complexity index is 1010. The molecule has 0 fully saturated rings. The molecule has 1 aliphatic heterocycles. The van der Waals surface area contributed by atoms with E-state index in [2.05, 4.69) is 10.3 Å². The number of nitrogens with one attached hydrogen (secondary N) is 1. The maximum absolute atomic E-state index is 13.3. The van der Waals surface area contributed by atoms with Crippen LogP contribution in [0.2, 0.25) is 0 Å². The van der Waals surface area contributed by atoms with Gasteiger partial charge in [0.15, 0.2) is 5.76 Å². The molecule has 0 saturated heterocycles. The van der Waals surface area contributed by atoms with Gasteiger partial charge >= 0.3 is 0 Å². The second kappa shape index (κ2) is 10.5. The van der Waals surface area contributed by atoms with Gasteiger partial charge in [-0.2, -0.15) is 0 Å². The van der Waals surface area contributed by atoms with E-state index < -0.39 is 0 Å². The van der Waals surface area contributed by atoms with E-state index in [0.29, 0.717) is 12.4 Å². The van der Waals surface area contributed by atoms with Crippen LogP contribution in [0.15, 0.2) is 52.6 Å². The lowest BCUT2D eigenvalue weighted by Crippen LogP contribution is -2.36. The van der Waals surface area contributed by atoms with Crippen molar-refractivity contribution in [1.82, 2.24) is 9.88 Å². The maximum atomic E-state index is 13.3. The highest BCUT2D eigenvalue weighted by atomic mass is 32.2. The molecule has 8 heteroatoms. The first-order chi connectivity index (χ1) is 16.0. The number of ether oxygens (including phenoxy) is 2. The Labute approximate surface area is 199 Å². The Balaban J connectivity index is 1.47. The zero-order valence-electron chi connectivity index (χ0n) is 19.5. The molecule has 0 bridgehead atoms. The Kier molecular flexibility index (Phi) is 7.42. The number of thioether (sulfide) groups is 1. The molecule has 2 amide bonds. The summed E-state index contributed by atoms with van der Waals surface area (Å²) in [7, 11) is 3.29. The van der Waals surface area contributed by atoms with Gasteiger partial charge < -0.3 is 19.7 Å². The van der Waals surface area contributed by atoms with Crippen LogP contribution in [-0.4, -0.2) is 53.6 Å². The Morgan fingerprint density at radius 3 is 2.73 bits per heavy atom. The van der Waals surface area contributed by atoms with Gasteiger partial charge in [-0.15, -0.1) is 11.8 Å². The highest BCUT2D eigenvalue weighted by Crippen LogP contribution is 2.42. The van der Waals surface area contributed by atoms with E-state index in [0.717, 1.165) is 66.8 Å². The molecule has 2 aliphatic carbocycles. The molecule has 0 radical (unpaired) electrons. The molecule has 1 aromatic rings. The number of allylic oxidation sites excluding steroid dienone is 2. The van der Waals surface area contributed by atoms with Crippen LogP contribution in [0.4, 0.5) is 5.82 Å². The highest BCUT2D eigenvalue weighted by molar-refractivity contribution is 8.00. The fourth-order valence-corrected chi connectivity index (χ4v) is 5.78. The number of rotatable bonds is 8. The molecule has 33 heavy (non-hydrogen) atoms. The van der Waals surface area contributed by atoms with Crippen molar-refractivity contribution in [2.75, 3.05) is 31.8 Å². The van der Waals surface area contributed by atoms with Gasteiger partial charge in [-0.3, -0.25) is 9.59 Å². The molecule has 1 unspecified atom stereocenters. The maximum Gasteiger partial charge on any atom is 0.251 e. The monoisotopic (exact) mass is 469 g/mol. The summed E-state index contributed by atoms with van der Waals surface area (Å²) in [6.45, 7) is 2.49. The third-order valence-corrected chi connectivity index (χ3v) is 7.57. The summed E-state index contributed by atoms with van der Waals surface area (Å²) in [6.07, 6.45) is 9.19. The number of methoxy groups -OCH3 is 2. The Morgan fingerprint density at radius 1 is 1.18 bits per heavy atom. The minimum atomic E-state index is -0.111. The van der Waals surface area contributed by atoms with Gasteiger partial charge in [-0.05, 0) is 67.9 Å². The molecule has 1 N–H and O–H groups in total. The van der Waals surface area contributed by atoms with Gasteiger partial charge in [-0.25, -0.2) is 4.98 Å². The quantitative estimate of drug-likeness (QED) is 0.611. The predicted molar refractivity (Wildman–Crippen MR) is 129 cm³/mol. The van der Waals surface area contributed by atoms with Crippen molar-refractivity contribution >= 4 is 29.4 Å². The molecule has 7 nitrogen and oxygen atoms in total. The third kappa shape index (κ3) is 5.27. The summed E-state index contributed by atoms with van der Waals surface area (Å²) in [5.74, 6) is 2.36. The number of aromatic nitrogens is 1. The summed E-state index contributed by atoms with van der Waals surface area (Å²) < 4.78 is 10.9. The number of anilines is 1. The van der Waals surface area contributed by atoms with Crippen molar-refractivity contribution in [1.29, 1.82) is 0 Å². The van der Waals surface area contributed by atoms with Crippen molar-refractivity contribution in [3.63, 3.8) is 0 Å². The largest absolute Gasteiger partial charge is 0.497 e. The lowest BCUT2D eigenvalue weighted by Gasteiger charge is -2.29. The van der Waals surface area contributed by atoms with E-state index in [-0.39, 0.29) is 22.9 Å². The van der Waals surface area contributed by atoms with Crippen LogP contribution in [0.5, 0.6) is 0 Å². The number of nitrogens with zero attached hydrogens (tertiary/aromatic N) is 2. The van der Waals surface area contributed by atoms with Crippen LogP contribution in [0.25, 0.3) is 0 Å². The number of carbonyl (C=O) groups excluding carboxylic acids is 2. The van der Waals surface area contributed by atoms with Crippen molar-refractivity contribution < 1.29 is 19.1 Å². The predicted octanol–water partition coefficient (Wildman–Crippen LogP) is 4.33. The summed E-state index contributed by atoms with van der Waals surface area (Å²) >= 11 is 1.52. The molecule has 2 heterocycles. The first kappa shape index (κ1) is 23.4. The van der Waals surface area contributed by atoms with E-state index in [9.17, 15) is 9.59 Å². The van der Waals surface area contributed by atoms with Gasteiger partial charge in [0.1, 0.15) is 17.0 Å². The van der Waals surface area contributed by atoms with E-state index >= 15 is 0 Å². The summed E-state index contributed by atoms with van der Waals surface area (Å²) in [5.41, 5.74) is 4.34. The number of hydrogen-bond donors (Lipinski definition) is 1. The lowest BCUT2D eigenvalue weighted by molar-refractivity contribution is -0.125. The van der Waals surface area contributed by atoms with Gasteiger partial charge in [-0.1, -0.05) is 6.07 Å². The minimum Gasteiger partial charge on any atom is -0.497 e. The third-order valence-electron chi connectivity index (χ3n) is 6.28. The van der Waals surface area contributed by atoms with E-state index in [1.165, 1.54) is 17.3 Å². The fraction of sp³-hybridized carbons (Fsp3) is 0.480. The summed E-state index contributed by atoms with van der Waals surface area (Å²) in [5, 5.41) is 2.75. The molecule has 4 rings (SSSR count). The Morgan fingerprint density at radius 2 is 2.00 bits per heavy atom. The molecular weight excluding hydrogens is 438 g/mol. The van der Waals surface area contributed by atoms with Crippen LogP contribution in [0.3, 0.4) is 0 Å². The molecule has 0 aromatic carbocycles. The number of carbonyl (C=O) groups is 2. The van der Waals surface area contributed by atoms with Crippen molar-refractivity contribution in [2.45, 2.75) is 50.8 Å². The summed E-state index contributed by atoms with van der Waals surface area (Å²) in [6, 6.07) is 3.72. The van der Waals surface area contributed by atoms with E-state index in [4.69, 9.17) is 9.47 Å². The fourth-order valence-electron chi connectivity index (χ4n) is 4.59. The first-order valence-electron chi connectivity index (χ1n) is 11.4. The zero-order chi connectivity index (χ0) is 23.4. The molecule has 1 atom stereocenters. The van der Waals surface area contributed by atoms with Gasteiger partial charge in [0.25, 0.3) is 5.91 Å². The van der Waals surface area contributed by atoms with Gasteiger partial charge in [0, 0.05) is 24.7 Å². The van der Waals surface area contributed by atoms with E-state index in [1.54, 1.807) is 26.5 Å². The van der Waals surface area contributed by atoms with Crippen LogP contribution in [0.1, 0.15) is 44.1 Å². The molecule has 0 spiro atoms. The average Bonchev–Trinajstić information content (AvgIpc) is 3.10. The van der Waals surface area contributed by atoms with Gasteiger partial charge in [0.05, 0.1) is 20.0 Å². The zero-order valence-corrected chi connectivity index (χ0v) is 20.3.